The molecule has 0 aliphatic carbocycles. The van der Waals surface area contributed by atoms with E-state index in [4.69, 9.17) is 37.9 Å². The van der Waals surface area contributed by atoms with Gasteiger partial charge in [0.1, 0.15) is 48.5 Å². The van der Waals surface area contributed by atoms with Gasteiger partial charge in [-0.05, 0) is 66.0 Å². The number of nitrogens with zero attached hydrogens (tertiary/aromatic N) is 1. The van der Waals surface area contributed by atoms with E-state index >= 15 is 0 Å². The van der Waals surface area contributed by atoms with Crippen molar-refractivity contribution in [2.75, 3.05) is 21.2 Å². The molecule has 0 bridgehead atoms. The molecule has 332 valence electrons. The number of carbonyl (C=O) groups is 4. The number of cyclic esters (lactones) is 1. The van der Waals surface area contributed by atoms with E-state index in [1.165, 1.54) is 14.0 Å². The van der Waals surface area contributed by atoms with E-state index in [1.54, 1.807) is 71.0 Å². The maximum Gasteiger partial charge on any atom is 0.309 e. The van der Waals surface area contributed by atoms with Crippen LogP contribution >= 0.6 is 0 Å². The maximum absolute atomic E-state index is 13.3. The van der Waals surface area contributed by atoms with Crippen molar-refractivity contribution >= 4 is 24.2 Å². The number of rotatable bonds is 12. The number of hydrogen-bond acceptors (Lipinski definition) is 16. The lowest BCUT2D eigenvalue weighted by Gasteiger charge is -2.50. The van der Waals surface area contributed by atoms with Gasteiger partial charge in [-0.25, -0.2) is 0 Å². The predicted octanol–water partition coefficient (Wildman–Crippen LogP) is 3.01. The van der Waals surface area contributed by atoms with Crippen LogP contribution in [0.1, 0.15) is 93.9 Å². The fourth-order valence-electron chi connectivity index (χ4n) is 8.06. The minimum absolute atomic E-state index is 0.000956. The van der Waals surface area contributed by atoms with Gasteiger partial charge >= 0.3 is 17.9 Å². The molecule has 3 heterocycles. The Morgan fingerprint density at radius 1 is 1.02 bits per heavy atom. The SMILES string of the molecule is CO[C@@H]1[C@@H](O[C@@H]2O[C@H](C)[C@@H](O[C@H]3C[C@@](C)(OC(=O)CC(C)C)[C@@H](O)[C@H](C)O3)[C@H](N(C)C)[C@H]2O)[C@@H](CC=O)C[C@@H](C)[C@@H](O)/C=C\C=C/C[C@@H](C)OC(=O)C[C@H]1OC(C)=O. The summed E-state index contributed by atoms with van der Waals surface area (Å²) in [5, 5.41) is 34.2. The first-order valence-corrected chi connectivity index (χ1v) is 20.4. The number of aliphatic hydroxyl groups is 3. The van der Waals surface area contributed by atoms with Gasteiger partial charge in [-0.3, -0.25) is 14.4 Å². The number of hydrogen-bond donors (Lipinski definition) is 3. The molecule has 16 heteroatoms. The molecular formula is C42H69NO15. The summed E-state index contributed by atoms with van der Waals surface area (Å²) in [5.41, 5.74) is -1.32. The first-order chi connectivity index (χ1) is 27.2. The molecule has 3 aliphatic heterocycles. The van der Waals surface area contributed by atoms with E-state index in [0.717, 1.165) is 0 Å². The van der Waals surface area contributed by atoms with Crippen LogP contribution in [0.3, 0.4) is 0 Å². The third-order valence-electron chi connectivity index (χ3n) is 11.0. The average molecular weight is 828 g/mol. The highest BCUT2D eigenvalue weighted by Gasteiger charge is 2.53. The molecule has 3 aliphatic rings. The standard InChI is InChI=1S/C42H69NO15/c1-23(2)19-33(48)58-42(8)22-34(53-27(6)40(42)50)56-37-26(5)54-41(36(49)35(37)43(9)10)57-38-29(17-18-44)20-24(3)30(46)16-14-12-13-15-25(4)52-32(47)21-31(39(38)51-11)55-28(7)45/h12-14,16,18,23-27,29-31,34-41,46,49-50H,15,17,19-22H2,1-11H3/b13-12-,16-14-/t24-,25-,26-,27+,29+,30+,31-,34+,35-,36-,37-,38+,39+,40+,41+,42-/m1/s1. The molecule has 3 rings (SSSR count). The Kier molecular flexibility index (Phi) is 19.4. The van der Waals surface area contributed by atoms with Gasteiger partial charge in [-0.15, -0.1) is 0 Å². The normalized spacial score (nSPS) is 40.7. The Bertz CT molecular complexity index is 1390. The van der Waals surface area contributed by atoms with E-state index < -0.39 is 121 Å². The molecule has 2 saturated heterocycles. The van der Waals surface area contributed by atoms with Crippen LogP contribution in [0.4, 0.5) is 0 Å². The second-order valence-corrected chi connectivity index (χ2v) is 16.9. The van der Waals surface area contributed by atoms with Crippen molar-refractivity contribution in [3.63, 3.8) is 0 Å². The smallest absolute Gasteiger partial charge is 0.309 e. The minimum Gasteiger partial charge on any atom is -0.462 e. The monoisotopic (exact) mass is 827 g/mol. The maximum atomic E-state index is 13.3. The number of likely N-dealkylation sites (N-methyl/N-ethyl adjacent to an activating group) is 1. The van der Waals surface area contributed by atoms with Crippen molar-refractivity contribution in [1.82, 2.24) is 4.90 Å². The van der Waals surface area contributed by atoms with Crippen LogP contribution in [0.25, 0.3) is 0 Å². The summed E-state index contributed by atoms with van der Waals surface area (Å²) in [4.78, 5) is 52.5. The largest absolute Gasteiger partial charge is 0.462 e. The third-order valence-corrected chi connectivity index (χ3v) is 11.0. The molecule has 0 spiro atoms. The second-order valence-electron chi connectivity index (χ2n) is 16.9. The van der Waals surface area contributed by atoms with E-state index in [2.05, 4.69) is 0 Å². The highest BCUT2D eigenvalue weighted by molar-refractivity contribution is 5.72. The Morgan fingerprint density at radius 2 is 1.71 bits per heavy atom. The number of ether oxygens (including phenoxy) is 8. The minimum atomic E-state index is -1.40. The van der Waals surface area contributed by atoms with E-state index in [1.807, 2.05) is 20.8 Å². The molecular weight excluding hydrogens is 758 g/mol. The van der Waals surface area contributed by atoms with Crippen LogP contribution in [0.2, 0.25) is 0 Å². The molecule has 0 aromatic carbocycles. The van der Waals surface area contributed by atoms with Crippen molar-refractivity contribution in [3.05, 3.63) is 24.3 Å². The molecule has 16 nitrogen and oxygen atoms in total. The van der Waals surface area contributed by atoms with Gasteiger partial charge in [0.15, 0.2) is 12.6 Å². The quantitative estimate of drug-likeness (QED) is 0.147. The van der Waals surface area contributed by atoms with Crippen LogP contribution in [-0.2, 0) is 57.1 Å². The zero-order valence-corrected chi connectivity index (χ0v) is 36.1. The summed E-state index contributed by atoms with van der Waals surface area (Å²) in [6.07, 6.45) is -4.33. The molecule has 0 amide bonds. The summed E-state index contributed by atoms with van der Waals surface area (Å²) in [6.45, 7) is 13.6. The summed E-state index contributed by atoms with van der Waals surface area (Å²) < 4.78 is 48.7. The summed E-state index contributed by atoms with van der Waals surface area (Å²) in [5.74, 6) is -2.86. The van der Waals surface area contributed by atoms with Gasteiger partial charge in [0.05, 0.1) is 36.9 Å². The fraction of sp³-hybridized carbons (Fsp3) is 0.810. The van der Waals surface area contributed by atoms with E-state index in [0.29, 0.717) is 12.7 Å². The topological polar surface area (TPSA) is 206 Å². The highest BCUT2D eigenvalue weighted by atomic mass is 16.7. The highest BCUT2D eigenvalue weighted by Crippen LogP contribution is 2.38. The van der Waals surface area contributed by atoms with Crippen LogP contribution in [-0.4, -0.2) is 151 Å². The molecule has 0 saturated carbocycles. The van der Waals surface area contributed by atoms with Crippen LogP contribution in [0.5, 0.6) is 0 Å². The van der Waals surface area contributed by atoms with Crippen LogP contribution < -0.4 is 0 Å². The van der Waals surface area contributed by atoms with Crippen molar-refractivity contribution in [1.29, 1.82) is 0 Å². The first-order valence-electron chi connectivity index (χ1n) is 20.4. The summed E-state index contributed by atoms with van der Waals surface area (Å²) in [6, 6.07) is -0.786. The van der Waals surface area contributed by atoms with Crippen molar-refractivity contribution in [2.24, 2.45) is 17.8 Å². The second kappa shape index (κ2) is 22.7. The summed E-state index contributed by atoms with van der Waals surface area (Å²) >= 11 is 0. The van der Waals surface area contributed by atoms with Crippen molar-refractivity contribution in [2.45, 2.75) is 179 Å². The molecule has 0 radical (unpaired) electrons. The average Bonchev–Trinajstić information content (AvgIpc) is 3.10. The Morgan fingerprint density at radius 3 is 2.31 bits per heavy atom. The zero-order valence-electron chi connectivity index (χ0n) is 36.1. The van der Waals surface area contributed by atoms with Gasteiger partial charge in [-0.1, -0.05) is 45.1 Å². The first kappa shape index (κ1) is 49.6. The number of esters is 3. The van der Waals surface area contributed by atoms with Gasteiger partial charge in [0, 0.05) is 39.7 Å². The molecule has 16 atom stereocenters. The number of aliphatic hydroxyl groups excluding tert-OH is 3. The van der Waals surface area contributed by atoms with Gasteiger partial charge in [0.2, 0.25) is 0 Å². The van der Waals surface area contributed by atoms with Crippen LogP contribution in [0, 0.1) is 17.8 Å². The number of carbonyl (C=O) groups excluding carboxylic acids is 4. The zero-order chi connectivity index (χ0) is 43.5. The molecule has 0 unspecified atom stereocenters. The lowest BCUT2D eigenvalue weighted by atomic mass is 9.82. The lowest BCUT2D eigenvalue weighted by Crippen LogP contribution is -2.66. The fourth-order valence-corrected chi connectivity index (χ4v) is 8.06. The predicted molar refractivity (Wildman–Crippen MR) is 210 cm³/mol. The Labute approximate surface area is 343 Å². The molecule has 2 fully saturated rings. The Balaban J connectivity index is 2.01. The van der Waals surface area contributed by atoms with Gasteiger partial charge in [-0.2, -0.15) is 0 Å². The van der Waals surface area contributed by atoms with Crippen LogP contribution in [0.15, 0.2) is 24.3 Å². The van der Waals surface area contributed by atoms with Crippen molar-refractivity contribution < 1.29 is 72.4 Å². The molecule has 58 heavy (non-hydrogen) atoms. The number of allylic oxidation sites excluding steroid dienone is 2. The van der Waals surface area contributed by atoms with E-state index in [-0.39, 0.29) is 31.6 Å². The third kappa shape index (κ3) is 13.9. The lowest BCUT2D eigenvalue weighted by molar-refractivity contribution is -0.344. The Hall–Kier alpha value is -2.80. The number of methoxy groups -OCH3 is 1. The van der Waals surface area contributed by atoms with Crippen molar-refractivity contribution in [3.8, 4) is 0 Å². The molecule has 0 aromatic rings. The number of aldehydes is 1. The van der Waals surface area contributed by atoms with Gasteiger partial charge < -0.3 is 62.9 Å². The summed E-state index contributed by atoms with van der Waals surface area (Å²) in [7, 11) is 4.86. The molecule has 0 aromatic heterocycles. The molecule has 3 N–H and O–H groups in total. The van der Waals surface area contributed by atoms with Gasteiger partial charge in [0.25, 0.3) is 0 Å². The van der Waals surface area contributed by atoms with E-state index in [9.17, 15) is 34.5 Å².